The van der Waals surface area contributed by atoms with Crippen LogP contribution < -0.4 is 5.73 Å². The highest BCUT2D eigenvalue weighted by Gasteiger charge is 2.45. The van der Waals surface area contributed by atoms with Gasteiger partial charge in [-0.2, -0.15) is 0 Å². The Balaban J connectivity index is 1.75. The minimum absolute atomic E-state index is 0.822. The van der Waals surface area contributed by atoms with Crippen LogP contribution in [-0.4, -0.2) is 31.1 Å². The van der Waals surface area contributed by atoms with Crippen LogP contribution in [0.3, 0.4) is 0 Å². The number of hydrogen-bond donors (Lipinski definition) is 1. The zero-order chi connectivity index (χ0) is 9.54. The van der Waals surface area contributed by atoms with Gasteiger partial charge in [-0.15, -0.1) is 0 Å². The average Bonchev–Trinajstić information content (AvgIpc) is 2.65. The zero-order valence-corrected chi connectivity index (χ0v) is 8.73. The van der Waals surface area contributed by atoms with Crippen molar-refractivity contribution in [3.63, 3.8) is 0 Å². The van der Waals surface area contributed by atoms with Crippen LogP contribution in [0.2, 0.25) is 0 Å². The maximum Gasteiger partial charge on any atom is 0.0105 e. The molecule has 0 amide bonds. The molecule has 78 valence electrons. The van der Waals surface area contributed by atoms with Crippen LogP contribution in [0.1, 0.15) is 12.8 Å². The van der Waals surface area contributed by atoms with E-state index in [2.05, 4.69) is 17.1 Å². The molecule has 4 rings (SSSR count). The van der Waals surface area contributed by atoms with Crippen molar-refractivity contribution >= 4 is 0 Å². The van der Waals surface area contributed by atoms with Gasteiger partial charge in [0.1, 0.15) is 0 Å². The van der Waals surface area contributed by atoms with Gasteiger partial charge in [0, 0.05) is 26.2 Å². The Bertz CT molecular complexity index is 227. The number of nitrogens with two attached hydrogens (primary N) is 1. The Morgan fingerprint density at radius 2 is 1.64 bits per heavy atom. The first-order chi connectivity index (χ1) is 6.88. The van der Waals surface area contributed by atoms with Crippen LogP contribution in [0.15, 0.2) is 12.2 Å². The van der Waals surface area contributed by atoms with Crippen LogP contribution >= 0.6 is 0 Å². The summed E-state index contributed by atoms with van der Waals surface area (Å²) in [5.41, 5.74) is 5.63. The summed E-state index contributed by atoms with van der Waals surface area (Å²) in [6.07, 6.45) is 7.86. The molecular weight excluding hydrogens is 172 g/mol. The van der Waals surface area contributed by atoms with Crippen molar-refractivity contribution in [1.29, 1.82) is 0 Å². The monoisotopic (exact) mass is 192 g/mol. The molecule has 2 fully saturated rings. The molecule has 0 radical (unpaired) electrons. The predicted molar refractivity (Wildman–Crippen MR) is 57.8 cm³/mol. The number of hydrogen-bond acceptors (Lipinski definition) is 2. The lowest BCUT2D eigenvalue weighted by Gasteiger charge is -2.40. The second-order valence-corrected chi connectivity index (χ2v) is 5.17. The van der Waals surface area contributed by atoms with Gasteiger partial charge < -0.3 is 10.6 Å². The largest absolute Gasteiger partial charge is 0.329 e. The van der Waals surface area contributed by atoms with Crippen LogP contribution in [0.25, 0.3) is 0 Å². The Morgan fingerprint density at radius 3 is 2.07 bits per heavy atom. The lowest BCUT2D eigenvalue weighted by Crippen LogP contribution is -2.35. The van der Waals surface area contributed by atoms with Crippen molar-refractivity contribution < 1.29 is 0 Å². The van der Waals surface area contributed by atoms with E-state index in [0.29, 0.717) is 0 Å². The summed E-state index contributed by atoms with van der Waals surface area (Å²) >= 11 is 0. The first-order valence-electron chi connectivity index (χ1n) is 5.99. The highest BCUT2D eigenvalue weighted by molar-refractivity contribution is 5.12. The van der Waals surface area contributed by atoms with Crippen molar-refractivity contribution in [3.8, 4) is 0 Å². The molecule has 1 heterocycles. The third kappa shape index (κ3) is 1.24. The smallest absolute Gasteiger partial charge is 0.0105 e. The summed E-state index contributed by atoms with van der Waals surface area (Å²) in [6, 6.07) is 0. The van der Waals surface area contributed by atoms with E-state index in [1.54, 1.807) is 0 Å². The molecule has 0 aromatic carbocycles. The van der Waals surface area contributed by atoms with Gasteiger partial charge in [0.2, 0.25) is 0 Å². The van der Waals surface area contributed by atoms with Crippen molar-refractivity contribution in [2.45, 2.75) is 12.8 Å². The number of nitrogens with zero attached hydrogens (tertiary/aromatic N) is 1. The lowest BCUT2D eigenvalue weighted by molar-refractivity contribution is 0.169. The van der Waals surface area contributed by atoms with Gasteiger partial charge in [-0.25, -0.2) is 0 Å². The van der Waals surface area contributed by atoms with Gasteiger partial charge >= 0.3 is 0 Å². The fourth-order valence-corrected chi connectivity index (χ4v) is 3.79. The highest BCUT2D eigenvalue weighted by Crippen LogP contribution is 2.48. The molecule has 2 bridgehead atoms. The van der Waals surface area contributed by atoms with Gasteiger partial charge in [0.15, 0.2) is 0 Å². The van der Waals surface area contributed by atoms with E-state index in [4.69, 9.17) is 5.73 Å². The van der Waals surface area contributed by atoms with Crippen LogP contribution in [0.5, 0.6) is 0 Å². The molecule has 1 saturated carbocycles. The average molecular weight is 192 g/mol. The molecular formula is C12H20N2. The third-order valence-electron chi connectivity index (χ3n) is 4.47. The molecule has 0 spiro atoms. The van der Waals surface area contributed by atoms with Gasteiger partial charge in [0.05, 0.1) is 0 Å². The Hall–Kier alpha value is -0.340. The molecule has 2 heteroatoms. The van der Waals surface area contributed by atoms with E-state index in [1.807, 2.05) is 0 Å². The summed E-state index contributed by atoms with van der Waals surface area (Å²) < 4.78 is 0. The van der Waals surface area contributed by atoms with Crippen molar-refractivity contribution in [3.05, 3.63) is 12.2 Å². The SMILES string of the molecule is NCCN1CC2C3C=CC(CC3)C2C1. The van der Waals surface area contributed by atoms with Gasteiger partial charge in [-0.1, -0.05) is 12.2 Å². The minimum atomic E-state index is 0.822. The quantitative estimate of drug-likeness (QED) is 0.664. The van der Waals surface area contributed by atoms with E-state index in [0.717, 1.165) is 36.8 Å². The Morgan fingerprint density at radius 1 is 1.07 bits per heavy atom. The standard InChI is InChI=1S/C12H20N2/c13-5-6-14-7-11-9-1-2-10(4-3-9)12(11)8-14/h1-2,9-12H,3-8,13H2. The summed E-state index contributed by atoms with van der Waals surface area (Å²) in [7, 11) is 0. The molecule has 1 saturated heterocycles. The molecule has 4 atom stereocenters. The van der Waals surface area contributed by atoms with Gasteiger partial charge in [0.25, 0.3) is 0 Å². The normalized spacial score (nSPS) is 45.8. The molecule has 2 N–H and O–H groups in total. The molecule has 0 aromatic rings. The second kappa shape index (κ2) is 3.35. The second-order valence-electron chi connectivity index (χ2n) is 5.17. The molecule has 1 aliphatic heterocycles. The lowest BCUT2D eigenvalue weighted by atomic mass is 9.64. The molecule has 3 aliphatic carbocycles. The van der Waals surface area contributed by atoms with Crippen LogP contribution in [0.4, 0.5) is 0 Å². The minimum Gasteiger partial charge on any atom is -0.329 e. The number of allylic oxidation sites excluding steroid dienone is 2. The van der Waals surface area contributed by atoms with E-state index in [9.17, 15) is 0 Å². The molecule has 14 heavy (non-hydrogen) atoms. The van der Waals surface area contributed by atoms with Gasteiger partial charge in [-0.05, 0) is 36.5 Å². The fraction of sp³-hybridized carbons (Fsp3) is 0.833. The van der Waals surface area contributed by atoms with E-state index in [1.165, 1.54) is 25.9 Å². The summed E-state index contributed by atoms with van der Waals surface area (Å²) in [6.45, 7) is 4.55. The fourth-order valence-electron chi connectivity index (χ4n) is 3.79. The van der Waals surface area contributed by atoms with E-state index < -0.39 is 0 Å². The molecule has 0 aromatic heterocycles. The van der Waals surface area contributed by atoms with Gasteiger partial charge in [-0.3, -0.25) is 0 Å². The highest BCUT2D eigenvalue weighted by atomic mass is 15.2. The predicted octanol–water partition coefficient (Wildman–Crippen LogP) is 1.09. The third-order valence-corrected chi connectivity index (χ3v) is 4.47. The van der Waals surface area contributed by atoms with Crippen molar-refractivity contribution in [2.24, 2.45) is 29.4 Å². The number of rotatable bonds is 2. The molecule has 4 unspecified atom stereocenters. The first-order valence-corrected chi connectivity index (χ1v) is 5.99. The number of likely N-dealkylation sites (tertiary alicyclic amines) is 1. The Labute approximate surface area is 86.1 Å². The Kier molecular flexibility index (Phi) is 2.14. The van der Waals surface area contributed by atoms with Crippen molar-refractivity contribution in [2.75, 3.05) is 26.2 Å². The summed E-state index contributed by atoms with van der Waals surface area (Å²) in [5.74, 6) is 3.72. The van der Waals surface area contributed by atoms with E-state index >= 15 is 0 Å². The van der Waals surface area contributed by atoms with Crippen LogP contribution in [-0.2, 0) is 0 Å². The topological polar surface area (TPSA) is 29.3 Å². The molecule has 4 aliphatic rings. The molecule has 2 nitrogen and oxygen atoms in total. The maximum absolute atomic E-state index is 5.63. The zero-order valence-electron chi connectivity index (χ0n) is 8.73. The first kappa shape index (κ1) is 8.93. The maximum atomic E-state index is 5.63. The van der Waals surface area contributed by atoms with E-state index in [-0.39, 0.29) is 0 Å². The summed E-state index contributed by atoms with van der Waals surface area (Å²) in [5, 5.41) is 0. The number of fused-ring (bicyclic) bond motifs is 1. The summed E-state index contributed by atoms with van der Waals surface area (Å²) in [4.78, 5) is 2.58. The van der Waals surface area contributed by atoms with Crippen molar-refractivity contribution in [1.82, 2.24) is 4.90 Å². The van der Waals surface area contributed by atoms with Crippen LogP contribution in [0, 0.1) is 23.7 Å².